The highest BCUT2D eigenvalue weighted by Gasteiger charge is 2.28. The lowest BCUT2D eigenvalue weighted by Gasteiger charge is -2.23. The van der Waals surface area contributed by atoms with Crippen LogP contribution in [0.3, 0.4) is 0 Å². The molecule has 4 atom stereocenters. The van der Waals surface area contributed by atoms with Crippen LogP contribution in [0.4, 0.5) is 0 Å². The van der Waals surface area contributed by atoms with Crippen LogP contribution < -0.4 is 33.2 Å². The van der Waals surface area contributed by atoms with Crippen molar-refractivity contribution >= 4 is 52.3 Å². The van der Waals surface area contributed by atoms with Gasteiger partial charge in [-0.05, 0) is 56.2 Å². The fourth-order valence-electron chi connectivity index (χ4n) is 3.85. The van der Waals surface area contributed by atoms with Crippen LogP contribution in [0.5, 0.6) is 0 Å². The van der Waals surface area contributed by atoms with Crippen molar-refractivity contribution in [2.75, 3.05) is 18.6 Å². The Balaban J connectivity index is 1.95. The van der Waals surface area contributed by atoms with E-state index in [1.165, 1.54) is 18.7 Å². The minimum absolute atomic E-state index is 0.0990. The summed E-state index contributed by atoms with van der Waals surface area (Å²) >= 11 is 1.47. The summed E-state index contributed by atoms with van der Waals surface area (Å²) in [5.41, 5.74) is 18.5. The first-order valence-electron chi connectivity index (χ1n) is 12.5. The molecule has 0 aliphatic heterocycles. The molecule has 0 aliphatic carbocycles. The SMILES string of the molecule is CSCCC(NC(=O)C(C)NC(=O)C(N)Cc1c[nH]c2ccccc12)C(=O)NC(CCCN=C(N)N)C(=O)O. The first kappa shape index (κ1) is 31.4. The maximum atomic E-state index is 12.9. The lowest BCUT2D eigenvalue weighted by atomic mass is 10.0. The lowest BCUT2D eigenvalue weighted by molar-refractivity contribution is -0.142. The number of guanidine groups is 1. The van der Waals surface area contributed by atoms with E-state index in [0.29, 0.717) is 12.2 Å². The van der Waals surface area contributed by atoms with E-state index in [2.05, 4.69) is 25.9 Å². The molecule has 0 bridgehead atoms. The van der Waals surface area contributed by atoms with Gasteiger partial charge in [0.05, 0.1) is 6.04 Å². The first-order valence-corrected chi connectivity index (χ1v) is 13.9. The van der Waals surface area contributed by atoms with Crippen LogP contribution in [-0.2, 0) is 25.6 Å². The topological polar surface area (TPSA) is 231 Å². The molecule has 214 valence electrons. The maximum absolute atomic E-state index is 12.9. The van der Waals surface area contributed by atoms with Crippen molar-refractivity contribution in [3.05, 3.63) is 36.0 Å². The number of carbonyl (C=O) groups excluding carboxylic acids is 3. The van der Waals surface area contributed by atoms with Crippen LogP contribution in [0.1, 0.15) is 31.7 Å². The number of nitrogens with zero attached hydrogens (tertiary/aromatic N) is 1. The number of benzene rings is 1. The first-order chi connectivity index (χ1) is 18.5. The second-order valence-corrected chi connectivity index (χ2v) is 10.1. The van der Waals surface area contributed by atoms with Gasteiger partial charge in [0.2, 0.25) is 17.7 Å². The van der Waals surface area contributed by atoms with E-state index in [9.17, 15) is 24.3 Å². The smallest absolute Gasteiger partial charge is 0.326 e. The van der Waals surface area contributed by atoms with Gasteiger partial charge in [-0.25, -0.2) is 4.79 Å². The number of carboxylic acid groups (broad SMARTS) is 1. The van der Waals surface area contributed by atoms with E-state index in [1.54, 1.807) is 6.20 Å². The molecule has 0 saturated heterocycles. The van der Waals surface area contributed by atoms with Gasteiger partial charge in [-0.1, -0.05) is 18.2 Å². The number of aromatic amines is 1. The van der Waals surface area contributed by atoms with Crippen LogP contribution in [0.25, 0.3) is 10.9 Å². The zero-order valence-electron chi connectivity index (χ0n) is 22.1. The molecule has 0 radical (unpaired) electrons. The molecule has 2 aromatic rings. The van der Waals surface area contributed by atoms with Crippen LogP contribution in [0, 0.1) is 0 Å². The molecule has 0 saturated carbocycles. The van der Waals surface area contributed by atoms with Gasteiger partial charge < -0.3 is 43.2 Å². The van der Waals surface area contributed by atoms with Crippen molar-refractivity contribution in [2.45, 2.75) is 56.8 Å². The quantitative estimate of drug-likeness (QED) is 0.0740. The van der Waals surface area contributed by atoms with Gasteiger partial charge in [0.25, 0.3) is 0 Å². The van der Waals surface area contributed by atoms with Crippen LogP contribution in [0.15, 0.2) is 35.5 Å². The zero-order valence-corrected chi connectivity index (χ0v) is 22.9. The summed E-state index contributed by atoms with van der Waals surface area (Å²) in [6.45, 7) is 1.70. The molecule has 0 fully saturated rings. The largest absolute Gasteiger partial charge is 0.480 e. The zero-order chi connectivity index (χ0) is 28.9. The molecule has 1 aromatic carbocycles. The standard InChI is InChI=1S/C25H38N8O5S/c1-14(31-22(35)17(26)12-15-13-30-18-7-4-3-6-16(15)18)21(34)32-19(9-11-39-2)23(36)33-20(24(37)38)8-5-10-29-25(27)28/h3-4,6-7,13-14,17,19-20,30H,5,8-12,26H2,1-2H3,(H,31,35)(H,32,34)(H,33,36)(H,37,38)(H4,27,28,29). The number of para-hydroxylation sites is 1. The number of hydrogen-bond donors (Lipinski definition) is 8. The van der Waals surface area contributed by atoms with Gasteiger partial charge in [-0.15, -0.1) is 0 Å². The van der Waals surface area contributed by atoms with Crippen LogP contribution in [-0.4, -0.2) is 82.5 Å². The van der Waals surface area contributed by atoms with Crippen LogP contribution in [0.2, 0.25) is 0 Å². The number of fused-ring (bicyclic) bond motifs is 1. The number of amides is 3. The predicted octanol–water partition coefficient (Wildman–Crippen LogP) is -0.597. The molecule has 0 spiro atoms. The molecule has 1 heterocycles. The summed E-state index contributed by atoms with van der Waals surface area (Å²) in [5.74, 6) is -2.53. The van der Waals surface area contributed by atoms with Gasteiger partial charge in [0.15, 0.2) is 5.96 Å². The van der Waals surface area contributed by atoms with Crippen LogP contribution >= 0.6 is 11.8 Å². The third-order valence-electron chi connectivity index (χ3n) is 6.01. The minimum Gasteiger partial charge on any atom is -0.480 e. The normalized spacial score (nSPS) is 14.0. The van der Waals surface area contributed by atoms with E-state index in [0.717, 1.165) is 16.5 Å². The summed E-state index contributed by atoms with van der Waals surface area (Å²) in [4.78, 5) is 57.0. The number of H-pyrrole nitrogens is 1. The average Bonchev–Trinajstić information content (AvgIpc) is 3.30. The van der Waals surface area contributed by atoms with E-state index in [1.807, 2.05) is 30.5 Å². The summed E-state index contributed by atoms with van der Waals surface area (Å²) in [6, 6.07) is 3.60. The predicted molar refractivity (Wildman–Crippen MR) is 152 cm³/mol. The van der Waals surface area contributed by atoms with E-state index in [-0.39, 0.29) is 31.8 Å². The Labute approximate surface area is 231 Å². The molecule has 0 aliphatic rings. The molecular weight excluding hydrogens is 524 g/mol. The summed E-state index contributed by atoms with van der Waals surface area (Å²) in [6.07, 6.45) is 4.61. The Morgan fingerprint density at radius 3 is 2.38 bits per heavy atom. The number of nitrogens with one attached hydrogen (secondary N) is 4. The molecule has 13 nitrogen and oxygen atoms in total. The highest BCUT2D eigenvalue weighted by molar-refractivity contribution is 7.98. The van der Waals surface area contributed by atoms with E-state index < -0.39 is 47.9 Å². The molecular formula is C25H38N8O5S. The maximum Gasteiger partial charge on any atom is 0.326 e. The highest BCUT2D eigenvalue weighted by Crippen LogP contribution is 2.18. The van der Waals surface area contributed by atoms with Gasteiger partial charge in [0.1, 0.15) is 18.1 Å². The third-order valence-corrected chi connectivity index (χ3v) is 6.65. The number of carboxylic acids is 1. The van der Waals surface area contributed by atoms with Crippen molar-refractivity contribution in [1.29, 1.82) is 0 Å². The van der Waals surface area contributed by atoms with Crippen molar-refractivity contribution in [3.63, 3.8) is 0 Å². The molecule has 39 heavy (non-hydrogen) atoms. The Hall–Kier alpha value is -3.78. The lowest BCUT2D eigenvalue weighted by Crippen LogP contribution is -2.56. The molecule has 14 heteroatoms. The second kappa shape index (κ2) is 15.6. The molecule has 2 rings (SSSR count). The third kappa shape index (κ3) is 10.1. The number of carbonyl (C=O) groups is 4. The average molecular weight is 563 g/mol. The van der Waals surface area contributed by atoms with Crippen molar-refractivity contribution < 1.29 is 24.3 Å². The summed E-state index contributed by atoms with van der Waals surface area (Å²) in [7, 11) is 0. The van der Waals surface area contributed by atoms with Gasteiger partial charge >= 0.3 is 5.97 Å². The molecule has 4 unspecified atom stereocenters. The Kier molecular flexibility index (Phi) is 12.6. The Bertz CT molecular complexity index is 1170. The fourth-order valence-corrected chi connectivity index (χ4v) is 4.32. The van der Waals surface area contributed by atoms with E-state index in [4.69, 9.17) is 17.2 Å². The number of hydrogen-bond acceptors (Lipinski definition) is 7. The van der Waals surface area contributed by atoms with Crippen molar-refractivity contribution in [2.24, 2.45) is 22.2 Å². The number of aliphatic imine (C=N–C) groups is 1. The Morgan fingerprint density at radius 1 is 1.03 bits per heavy atom. The number of rotatable bonds is 16. The molecule has 11 N–H and O–H groups in total. The summed E-state index contributed by atoms with van der Waals surface area (Å²) in [5, 5.41) is 18.2. The molecule has 3 amide bonds. The number of aliphatic carboxylic acids is 1. The second-order valence-electron chi connectivity index (χ2n) is 9.09. The Morgan fingerprint density at radius 2 is 1.72 bits per heavy atom. The van der Waals surface area contributed by atoms with Gasteiger partial charge in [-0.2, -0.15) is 11.8 Å². The number of aromatic nitrogens is 1. The van der Waals surface area contributed by atoms with Gasteiger partial charge in [0, 0.05) is 23.6 Å². The fraction of sp³-hybridized carbons (Fsp3) is 0.480. The number of nitrogens with two attached hydrogens (primary N) is 3. The molecule has 1 aromatic heterocycles. The van der Waals surface area contributed by atoms with Crippen molar-refractivity contribution in [3.8, 4) is 0 Å². The number of thioether (sulfide) groups is 1. The van der Waals surface area contributed by atoms with Crippen molar-refractivity contribution in [1.82, 2.24) is 20.9 Å². The minimum atomic E-state index is -1.21. The summed E-state index contributed by atoms with van der Waals surface area (Å²) < 4.78 is 0. The highest BCUT2D eigenvalue weighted by atomic mass is 32.2. The monoisotopic (exact) mass is 562 g/mol. The van der Waals surface area contributed by atoms with Gasteiger partial charge in [-0.3, -0.25) is 19.4 Å². The van der Waals surface area contributed by atoms with E-state index >= 15 is 0 Å².